The Morgan fingerprint density at radius 2 is 2.00 bits per heavy atom. The summed E-state index contributed by atoms with van der Waals surface area (Å²) in [5, 5.41) is 12.4. The number of rotatable bonds is 3. The zero-order chi connectivity index (χ0) is 13.3. The second kappa shape index (κ2) is 5.74. The third kappa shape index (κ3) is 2.64. The second-order valence-corrected chi connectivity index (χ2v) is 6.54. The second-order valence-electron chi connectivity index (χ2n) is 3.88. The van der Waals surface area contributed by atoms with E-state index >= 15 is 0 Å². The van der Waals surface area contributed by atoms with Crippen LogP contribution >= 0.6 is 43.2 Å². The molecule has 0 aliphatic rings. The van der Waals surface area contributed by atoms with Crippen LogP contribution in [-0.4, -0.2) is 12.2 Å². The minimum Gasteiger partial charge on any atom is -0.495 e. The Morgan fingerprint density at radius 1 is 1.28 bits per heavy atom. The van der Waals surface area contributed by atoms with Crippen molar-refractivity contribution in [3.05, 3.63) is 48.5 Å². The first-order chi connectivity index (χ1) is 8.54. The minimum atomic E-state index is -0.689. The average molecular weight is 392 g/mol. The SMILES string of the molecule is COc1ccsc1C(O)c1cc(Br)c(C)cc1Br. The molecule has 2 nitrogen and oxygen atoms in total. The lowest BCUT2D eigenvalue weighted by Gasteiger charge is -2.14. The van der Waals surface area contributed by atoms with Gasteiger partial charge in [0.1, 0.15) is 11.9 Å². The van der Waals surface area contributed by atoms with Crippen LogP contribution in [0.4, 0.5) is 0 Å². The van der Waals surface area contributed by atoms with E-state index in [2.05, 4.69) is 31.9 Å². The van der Waals surface area contributed by atoms with Gasteiger partial charge in [-0.2, -0.15) is 0 Å². The van der Waals surface area contributed by atoms with Gasteiger partial charge in [-0.15, -0.1) is 11.3 Å². The van der Waals surface area contributed by atoms with Crippen molar-refractivity contribution in [3.8, 4) is 5.75 Å². The van der Waals surface area contributed by atoms with Gasteiger partial charge < -0.3 is 9.84 Å². The fourth-order valence-corrected chi connectivity index (χ4v) is 3.59. The van der Waals surface area contributed by atoms with Gasteiger partial charge in [-0.3, -0.25) is 0 Å². The molecular weight excluding hydrogens is 380 g/mol. The summed E-state index contributed by atoms with van der Waals surface area (Å²) >= 11 is 8.47. The smallest absolute Gasteiger partial charge is 0.135 e. The lowest BCUT2D eigenvalue weighted by atomic mass is 10.1. The molecule has 18 heavy (non-hydrogen) atoms. The highest BCUT2D eigenvalue weighted by atomic mass is 79.9. The van der Waals surface area contributed by atoms with Gasteiger partial charge in [0.15, 0.2) is 0 Å². The predicted molar refractivity (Wildman–Crippen MR) is 81.5 cm³/mol. The van der Waals surface area contributed by atoms with Crippen molar-refractivity contribution in [3.63, 3.8) is 0 Å². The van der Waals surface area contributed by atoms with E-state index in [-0.39, 0.29) is 0 Å². The zero-order valence-electron chi connectivity index (χ0n) is 9.91. The fraction of sp³-hybridized carbons (Fsp3) is 0.231. The quantitative estimate of drug-likeness (QED) is 0.823. The van der Waals surface area contributed by atoms with Crippen LogP contribution < -0.4 is 4.74 Å². The Labute approximate surface area is 127 Å². The average Bonchev–Trinajstić information content (AvgIpc) is 2.81. The molecule has 96 valence electrons. The first kappa shape index (κ1) is 14.1. The highest BCUT2D eigenvalue weighted by molar-refractivity contribution is 9.11. The van der Waals surface area contributed by atoms with Gasteiger partial charge in [0.05, 0.1) is 12.0 Å². The third-order valence-electron chi connectivity index (χ3n) is 2.70. The van der Waals surface area contributed by atoms with E-state index < -0.39 is 6.10 Å². The number of halogens is 2. The number of aliphatic hydroxyl groups excluding tert-OH is 1. The molecule has 0 aliphatic heterocycles. The minimum absolute atomic E-state index is 0.689. The molecule has 0 amide bonds. The van der Waals surface area contributed by atoms with Crippen LogP contribution in [0.3, 0.4) is 0 Å². The number of methoxy groups -OCH3 is 1. The van der Waals surface area contributed by atoms with E-state index in [1.165, 1.54) is 11.3 Å². The van der Waals surface area contributed by atoms with Gasteiger partial charge >= 0.3 is 0 Å². The van der Waals surface area contributed by atoms with Crippen molar-refractivity contribution in [2.24, 2.45) is 0 Å². The Morgan fingerprint density at radius 3 is 2.67 bits per heavy atom. The summed E-state index contributed by atoms with van der Waals surface area (Å²) in [4.78, 5) is 0.814. The highest BCUT2D eigenvalue weighted by Gasteiger charge is 2.20. The number of thiophene rings is 1. The van der Waals surface area contributed by atoms with Crippen molar-refractivity contribution >= 4 is 43.2 Å². The first-order valence-corrected chi connectivity index (χ1v) is 7.76. The largest absolute Gasteiger partial charge is 0.495 e. The molecule has 0 spiro atoms. The summed E-state index contributed by atoms with van der Waals surface area (Å²) in [7, 11) is 1.61. The maximum atomic E-state index is 10.5. The normalized spacial score (nSPS) is 12.5. The molecule has 1 heterocycles. The van der Waals surface area contributed by atoms with Crippen LogP contribution in [0.1, 0.15) is 22.1 Å². The third-order valence-corrected chi connectivity index (χ3v) is 5.19. The number of hydrogen-bond acceptors (Lipinski definition) is 3. The van der Waals surface area contributed by atoms with Crippen LogP contribution in [0.25, 0.3) is 0 Å². The van der Waals surface area contributed by atoms with E-state index in [1.54, 1.807) is 7.11 Å². The van der Waals surface area contributed by atoms with Crippen LogP contribution in [0, 0.1) is 6.92 Å². The van der Waals surface area contributed by atoms with Gasteiger partial charge in [0.2, 0.25) is 0 Å². The lowest BCUT2D eigenvalue weighted by molar-refractivity contribution is 0.218. The number of benzene rings is 1. The van der Waals surface area contributed by atoms with Gasteiger partial charge in [-0.05, 0) is 36.1 Å². The van der Waals surface area contributed by atoms with Crippen molar-refractivity contribution in [2.75, 3.05) is 7.11 Å². The summed E-state index contributed by atoms with van der Waals surface area (Å²) in [6, 6.07) is 5.78. The van der Waals surface area contributed by atoms with Gasteiger partial charge in [-0.25, -0.2) is 0 Å². The summed E-state index contributed by atoms with van der Waals surface area (Å²) in [5.41, 5.74) is 1.95. The number of aliphatic hydroxyl groups is 1. The molecule has 2 aromatic rings. The molecule has 1 aromatic heterocycles. The van der Waals surface area contributed by atoms with E-state index in [9.17, 15) is 5.11 Å². The molecular formula is C13H12Br2O2S. The summed E-state index contributed by atoms with van der Waals surface area (Å²) in [6.45, 7) is 2.01. The lowest BCUT2D eigenvalue weighted by Crippen LogP contribution is -2.01. The monoisotopic (exact) mass is 390 g/mol. The number of aryl methyl sites for hydroxylation is 1. The van der Waals surface area contributed by atoms with E-state index in [1.807, 2.05) is 30.5 Å². The molecule has 0 saturated carbocycles. The molecule has 0 radical (unpaired) electrons. The van der Waals surface area contributed by atoms with Crippen LogP contribution in [0.15, 0.2) is 32.5 Å². The summed E-state index contributed by atoms with van der Waals surface area (Å²) in [5.74, 6) is 0.719. The van der Waals surface area contributed by atoms with E-state index in [0.717, 1.165) is 30.7 Å². The van der Waals surface area contributed by atoms with Gasteiger partial charge in [0.25, 0.3) is 0 Å². The number of hydrogen-bond donors (Lipinski definition) is 1. The molecule has 5 heteroatoms. The van der Waals surface area contributed by atoms with Gasteiger partial charge in [0, 0.05) is 14.5 Å². The highest BCUT2D eigenvalue weighted by Crippen LogP contribution is 2.38. The number of ether oxygens (including phenoxy) is 1. The summed E-state index contributed by atoms with van der Waals surface area (Å²) in [6.07, 6.45) is -0.689. The Bertz CT molecular complexity index is 566. The molecule has 1 unspecified atom stereocenters. The van der Waals surface area contributed by atoms with Crippen molar-refractivity contribution in [1.29, 1.82) is 0 Å². The topological polar surface area (TPSA) is 29.5 Å². The van der Waals surface area contributed by atoms with Crippen molar-refractivity contribution in [1.82, 2.24) is 0 Å². The molecule has 0 fully saturated rings. The summed E-state index contributed by atoms with van der Waals surface area (Å²) < 4.78 is 7.12. The Hall–Kier alpha value is -0.360. The van der Waals surface area contributed by atoms with E-state index in [0.29, 0.717) is 0 Å². The van der Waals surface area contributed by atoms with Crippen LogP contribution in [0.5, 0.6) is 5.75 Å². The fourth-order valence-electron chi connectivity index (χ4n) is 1.69. The molecule has 0 aliphatic carbocycles. The molecule has 0 saturated heterocycles. The van der Waals surface area contributed by atoms with Crippen LogP contribution in [-0.2, 0) is 0 Å². The van der Waals surface area contributed by atoms with Gasteiger partial charge in [-0.1, -0.05) is 31.9 Å². The maximum absolute atomic E-state index is 10.5. The Balaban J connectivity index is 2.46. The predicted octanol–water partition coefficient (Wildman–Crippen LogP) is 4.67. The maximum Gasteiger partial charge on any atom is 0.135 e. The van der Waals surface area contributed by atoms with E-state index in [4.69, 9.17) is 4.74 Å². The molecule has 1 N–H and O–H groups in total. The molecule has 0 bridgehead atoms. The molecule has 1 atom stereocenters. The molecule has 1 aromatic carbocycles. The van der Waals surface area contributed by atoms with Crippen LogP contribution in [0.2, 0.25) is 0 Å². The Kier molecular flexibility index (Phi) is 4.48. The van der Waals surface area contributed by atoms with Crippen molar-refractivity contribution in [2.45, 2.75) is 13.0 Å². The first-order valence-electron chi connectivity index (χ1n) is 5.29. The standard InChI is InChI=1S/C13H12Br2O2S/c1-7-5-10(15)8(6-9(7)14)12(16)13-11(17-2)3-4-18-13/h3-6,12,16H,1-2H3. The van der Waals surface area contributed by atoms with Crippen molar-refractivity contribution < 1.29 is 9.84 Å². The zero-order valence-corrected chi connectivity index (χ0v) is 13.9. The molecule has 2 rings (SSSR count).